The van der Waals surface area contributed by atoms with Crippen LogP contribution >= 0.6 is 11.6 Å². The van der Waals surface area contributed by atoms with E-state index in [1.807, 2.05) is 0 Å². The Labute approximate surface area is 97.0 Å². The average molecular weight is 248 g/mol. The van der Waals surface area contributed by atoms with E-state index in [2.05, 4.69) is 10.1 Å². The number of rotatable bonds is 4. The molecule has 0 unspecified atom stereocenters. The number of carbonyl (C=O) groups excluding carboxylic acids is 1. The summed E-state index contributed by atoms with van der Waals surface area (Å²) < 4.78 is 17.4. The first-order valence-electron chi connectivity index (χ1n) is 4.59. The number of benzene rings is 1. The molecule has 1 amide bonds. The normalized spacial score (nSPS) is 9.94. The van der Waals surface area contributed by atoms with Crippen LogP contribution in [0.2, 0.25) is 5.02 Å². The molecule has 1 aromatic rings. The quantitative estimate of drug-likeness (QED) is 0.851. The van der Waals surface area contributed by atoms with Gasteiger partial charge in [0.25, 0.3) is 0 Å². The lowest BCUT2D eigenvalue weighted by molar-refractivity contribution is 0.119. The van der Waals surface area contributed by atoms with E-state index in [1.165, 1.54) is 18.2 Å². The van der Waals surface area contributed by atoms with E-state index in [4.69, 9.17) is 16.7 Å². The van der Waals surface area contributed by atoms with Gasteiger partial charge in [-0.15, -0.1) is 0 Å². The predicted molar refractivity (Wildman–Crippen MR) is 56.7 cm³/mol. The first-order valence-corrected chi connectivity index (χ1v) is 4.96. The minimum absolute atomic E-state index is 0.00280. The summed E-state index contributed by atoms with van der Waals surface area (Å²) in [6, 6.07) is 4.15. The van der Waals surface area contributed by atoms with Crippen molar-refractivity contribution in [2.75, 3.05) is 13.2 Å². The molecule has 1 rings (SSSR count). The van der Waals surface area contributed by atoms with Crippen LogP contribution in [0, 0.1) is 5.82 Å². The van der Waals surface area contributed by atoms with Crippen molar-refractivity contribution >= 4 is 17.7 Å². The third kappa shape index (κ3) is 4.04. The lowest BCUT2D eigenvalue weighted by Crippen LogP contribution is -2.24. The predicted octanol–water partition coefficient (Wildman–Crippen LogP) is 1.70. The van der Waals surface area contributed by atoms with Crippen molar-refractivity contribution in [3.63, 3.8) is 0 Å². The summed E-state index contributed by atoms with van der Waals surface area (Å²) >= 11 is 5.56. The highest BCUT2D eigenvalue weighted by Gasteiger charge is 2.03. The lowest BCUT2D eigenvalue weighted by atomic mass is 10.2. The largest absolute Gasteiger partial charge is 0.447 e. The third-order valence-electron chi connectivity index (χ3n) is 1.75. The molecule has 0 heterocycles. The van der Waals surface area contributed by atoms with Crippen LogP contribution in [0.3, 0.4) is 0 Å². The molecule has 4 nitrogen and oxygen atoms in total. The molecule has 1 aromatic carbocycles. The van der Waals surface area contributed by atoms with Crippen LogP contribution in [0.1, 0.15) is 5.56 Å². The summed E-state index contributed by atoms with van der Waals surface area (Å²) in [6.45, 7) is -0.101. The third-order valence-corrected chi connectivity index (χ3v) is 2.03. The standard InChI is InChI=1S/C10H11ClFNO3/c11-8-5-7(1-2-9(8)12)6-13-10(15)16-4-3-14/h1-2,5,14H,3-4,6H2,(H,13,15). The first-order chi connectivity index (χ1) is 7.63. The van der Waals surface area contributed by atoms with E-state index in [9.17, 15) is 9.18 Å². The monoisotopic (exact) mass is 247 g/mol. The second-order valence-electron chi connectivity index (χ2n) is 2.96. The topological polar surface area (TPSA) is 58.6 Å². The Bertz CT molecular complexity index is 373. The fourth-order valence-electron chi connectivity index (χ4n) is 1.01. The summed E-state index contributed by atoms with van der Waals surface area (Å²) in [5.74, 6) is -0.506. The molecule has 0 radical (unpaired) electrons. The van der Waals surface area contributed by atoms with Gasteiger partial charge in [0.15, 0.2) is 0 Å². The summed E-state index contributed by atoms with van der Waals surface area (Å²) in [7, 11) is 0. The maximum atomic E-state index is 12.8. The second kappa shape index (κ2) is 6.30. The molecule has 0 saturated heterocycles. The molecule has 88 valence electrons. The van der Waals surface area contributed by atoms with Gasteiger partial charge in [0.2, 0.25) is 0 Å². The number of ether oxygens (including phenoxy) is 1. The number of carbonyl (C=O) groups is 1. The maximum absolute atomic E-state index is 12.8. The lowest BCUT2D eigenvalue weighted by Gasteiger charge is -2.06. The Balaban J connectivity index is 2.42. The van der Waals surface area contributed by atoms with Gasteiger partial charge in [-0.05, 0) is 17.7 Å². The summed E-state index contributed by atoms with van der Waals surface area (Å²) in [5.41, 5.74) is 0.660. The highest BCUT2D eigenvalue weighted by Crippen LogP contribution is 2.15. The fraction of sp³-hybridized carbons (Fsp3) is 0.300. The van der Waals surface area contributed by atoms with Crippen LogP contribution < -0.4 is 5.32 Å². The summed E-state index contributed by atoms with van der Waals surface area (Å²) in [6.07, 6.45) is -0.644. The van der Waals surface area contributed by atoms with Gasteiger partial charge >= 0.3 is 6.09 Å². The zero-order chi connectivity index (χ0) is 12.0. The van der Waals surface area contributed by atoms with Gasteiger partial charge in [-0.1, -0.05) is 17.7 Å². The SMILES string of the molecule is O=C(NCc1ccc(F)c(Cl)c1)OCCO. The van der Waals surface area contributed by atoms with Gasteiger partial charge in [0.05, 0.1) is 11.6 Å². The molecule has 0 atom stereocenters. The molecule has 6 heteroatoms. The van der Waals surface area contributed by atoms with Crippen molar-refractivity contribution in [3.05, 3.63) is 34.6 Å². The van der Waals surface area contributed by atoms with Gasteiger partial charge in [-0.3, -0.25) is 0 Å². The van der Waals surface area contributed by atoms with Crippen molar-refractivity contribution in [2.24, 2.45) is 0 Å². The Morgan fingerprint density at radius 1 is 1.56 bits per heavy atom. The van der Waals surface area contributed by atoms with Gasteiger partial charge in [0.1, 0.15) is 12.4 Å². The van der Waals surface area contributed by atoms with Crippen LogP contribution in [0.15, 0.2) is 18.2 Å². The Kier molecular flexibility index (Phi) is 5.01. The maximum Gasteiger partial charge on any atom is 0.407 e. The van der Waals surface area contributed by atoms with Crippen LogP contribution in [0.4, 0.5) is 9.18 Å². The molecule has 16 heavy (non-hydrogen) atoms. The minimum atomic E-state index is -0.644. The number of aliphatic hydroxyl groups excluding tert-OH is 1. The van der Waals surface area contributed by atoms with Crippen molar-refractivity contribution in [1.29, 1.82) is 0 Å². The van der Waals surface area contributed by atoms with Gasteiger partial charge in [-0.25, -0.2) is 9.18 Å². The zero-order valence-corrected chi connectivity index (χ0v) is 9.13. The Hall–Kier alpha value is -1.33. The number of nitrogens with one attached hydrogen (secondary N) is 1. The second-order valence-corrected chi connectivity index (χ2v) is 3.37. The fourth-order valence-corrected chi connectivity index (χ4v) is 1.22. The molecular weight excluding hydrogens is 237 g/mol. The number of hydrogen-bond acceptors (Lipinski definition) is 3. The van der Waals surface area contributed by atoms with Crippen LogP contribution in [-0.2, 0) is 11.3 Å². The van der Waals surface area contributed by atoms with Crippen molar-refractivity contribution in [1.82, 2.24) is 5.32 Å². The van der Waals surface area contributed by atoms with Gasteiger partial charge < -0.3 is 15.2 Å². The molecule has 0 spiro atoms. The van der Waals surface area contributed by atoms with Crippen molar-refractivity contribution in [3.8, 4) is 0 Å². The molecule has 2 N–H and O–H groups in total. The number of hydrogen-bond donors (Lipinski definition) is 2. The number of alkyl carbamates (subject to hydrolysis) is 1. The number of amides is 1. The van der Waals surface area contributed by atoms with E-state index < -0.39 is 11.9 Å². The van der Waals surface area contributed by atoms with Crippen molar-refractivity contribution in [2.45, 2.75) is 6.54 Å². The van der Waals surface area contributed by atoms with E-state index in [1.54, 1.807) is 0 Å². The molecule has 0 aromatic heterocycles. The molecule has 0 fully saturated rings. The van der Waals surface area contributed by atoms with Crippen LogP contribution in [-0.4, -0.2) is 24.4 Å². The molecule has 0 saturated carbocycles. The van der Waals surface area contributed by atoms with E-state index in [-0.39, 0.29) is 24.8 Å². The van der Waals surface area contributed by atoms with E-state index >= 15 is 0 Å². The zero-order valence-electron chi connectivity index (χ0n) is 8.37. The smallest absolute Gasteiger partial charge is 0.407 e. The number of halogens is 2. The summed E-state index contributed by atoms with van der Waals surface area (Å²) in [5, 5.41) is 10.8. The van der Waals surface area contributed by atoms with E-state index in [0.717, 1.165) is 0 Å². The highest BCUT2D eigenvalue weighted by molar-refractivity contribution is 6.30. The van der Waals surface area contributed by atoms with Gasteiger partial charge in [0, 0.05) is 6.54 Å². The minimum Gasteiger partial charge on any atom is -0.447 e. The molecule has 0 aliphatic heterocycles. The van der Waals surface area contributed by atoms with Crippen LogP contribution in [0.25, 0.3) is 0 Å². The van der Waals surface area contributed by atoms with Gasteiger partial charge in [-0.2, -0.15) is 0 Å². The van der Waals surface area contributed by atoms with Crippen LogP contribution in [0.5, 0.6) is 0 Å². The Morgan fingerprint density at radius 3 is 2.94 bits per heavy atom. The summed E-state index contributed by atoms with van der Waals surface area (Å²) in [4.78, 5) is 11.0. The Morgan fingerprint density at radius 2 is 2.31 bits per heavy atom. The molecule has 0 bridgehead atoms. The number of aliphatic hydroxyl groups is 1. The van der Waals surface area contributed by atoms with Crippen molar-refractivity contribution < 1.29 is 19.0 Å². The first kappa shape index (κ1) is 12.7. The molecule has 0 aliphatic rings. The van der Waals surface area contributed by atoms with E-state index in [0.29, 0.717) is 5.56 Å². The average Bonchev–Trinajstić information content (AvgIpc) is 2.28. The molecular formula is C10H11ClFNO3. The molecule has 0 aliphatic carbocycles. The highest BCUT2D eigenvalue weighted by atomic mass is 35.5.